The lowest BCUT2D eigenvalue weighted by Crippen LogP contribution is -2.40. The molecule has 0 radical (unpaired) electrons. The van der Waals surface area contributed by atoms with Crippen molar-refractivity contribution in [2.45, 2.75) is 19.4 Å². The molecule has 1 fully saturated rings. The Bertz CT molecular complexity index is 1380. The van der Waals surface area contributed by atoms with E-state index in [1.807, 2.05) is 17.4 Å². The number of hydrogen-bond acceptors (Lipinski definition) is 8. The molecule has 180 valence electrons. The summed E-state index contributed by atoms with van der Waals surface area (Å²) in [7, 11) is -2.58. The highest BCUT2D eigenvalue weighted by atomic mass is 35.5. The van der Waals surface area contributed by atoms with Crippen LogP contribution in [0, 0.1) is 0 Å². The van der Waals surface area contributed by atoms with Gasteiger partial charge in [-0.1, -0.05) is 18.5 Å². The third-order valence-corrected chi connectivity index (χ3v) is 8.04. The average molecular weight is 505 g/mol. The van der Waals surface area contributed by atoms with Crippen LogP contribution in [0.3, 0.4) is 0 Å². The molecule has 1 amide bonds. The number of hydrogen-bond donors (Lipinski definition) is 4. The fourth-order valence-electron chi connectivity index (χ4n) is 4.34. The van der Waals surface area contributed by atoms with E-state index in [1.165, 1.54) is 4.52 Å². The van der Waals surface area contributed by atoms with Gasteiger partial charge in [0.2, 0.25) is 0 Å². The highest BCUT2D eigenvalue weighted by Gasteiger charge is 2.30. The number of rotatable bonds is 5. The van der Waals surface area contributed by atoms with Gasteiger partial charge in [0.25, 0.3) is 5.91 Å². The lowest BCUT2D eigenvalue weighted by atomic mass is 10.0. The number of carbonyl (C=O) groups excluding carboxylic acids is 1. The predicted octanol–water partition coefficient (Wildman–Crippen LogP) is 3.06. The second kappa shape index (κ2) is 8.62. The molecule has 1 atom stereocenters. The van der Waals surface area contributed by atoms with Gasteiger partial charge in [-0.25, -0.2) is 14.5 Å². The van der Waals surface area contributed by atoms with Crippen molar-refractivity contribution in [3.63, 3.8) is 0 Å². The number of imidazole rings is 1. The van der Waals surface area contributed by atoms with E-state index < -0.39 is 22.5 Å². The SMILES string of the molecule is CCC(NC(=O)c1c(N)nn2cccnc12)c1cc(Cl)c2cncn2c1N1CCS(O)(O)CC1. The molecule has 5 N–H and O–H groups in total. The van der Waals surface area contributed by atoms with Crippen LogP contribution < -0.4 is 16.0 Å². The number of pyridine rings is 1. The van der Waals surface area contributed by atoms with E-state index in [4.69, 9.17) is 17.3 Å². The maximum Gasteiger partial charge on any atom is 0.259 e. The Balaban J connectivity index is 1.55. The number of fused-ring (bicyclic) bond motifs is 2. The molecule has 4 aromatic heterocycles. The molecule has 11 nitrogen and oxygen atoms in total. The molecule has 0 bridgehead atoms. The zero-order valence-electron chi connectivity index (χ0n) is 18.4. The second-order valence-corrected chi connectivity index (χ2v) is 11.0. The third-order valence-electron chi connectivity index (χ3n) is 6.07. The van der Waals surface area contributed by atoms with Crippen LogP contribution in [-0.2, 0) is 0 Å². The molecule has 1 aliphatic rings. The van der Waals surface area contributed by atoms with Crippen LogP contribution >= 0.6 is 22.2 Å². The fourth-order valence-corrected chi connectivity index (χ4v) is 5.82. The summed E-state index contributed by atoms with van der Waals surface area (Å²) in [6.45, 7) is 2.88. The summed E-state index contributed by atoms with van der Waals surface area (Å²) in [5.74, 6) is 1.07. The standard InChI is InChI=1S/C21H25ClN8O3S/c1-2-15(26-20(31)17-18(23)27-30-5-3-4-25-19(17)30)13-10-14(22)16-11-24-12-29(16)21(13)28-6-8-34(32,33)9-7-28/h3-5,10-12,15,32-33H,2,6-9H2,1H3,(H2,23,27)(H,26,31). The van der Waals surface area contributed by atoms with Crippen LogP contribution in [0.4, 0.5) is 11.6 Å². The number of nitrogens with zero attached hydrogens (tertiary/aromatic N) is 6. The van der Waals surface area contributed by atoms with Crippen molar-refractivity contribution in [1.82, 2.24) is 29.3 Å². The smallest absolute Gasteiger partial charge is 0.259 e. The molecule has 0 spiro atoms. The molecule has 1 aliphatic heterocycles. The number of aromatic nitrogens is 5. The summed E-state index contributed by atoms with van der Waals surface area (Å²) < 4.78 is 23.6. The van der Waals surface area contributed by atoms with Crippen LogP contribution in [0.25, 0.3) is 11.2 Å². The number of anilines is 2. The number of nitrogen functional groups attached to an aromatic ring is 1. The summed E-state index contributed by atoms with van der Waals surface area (Å²) in [6.07, 6.45) is 7.19. The van der Waals surface area contributed by atoms with Gasteiger partial charge in [-0.2, -0.15) is 10.6 Å². The molecule has 13 heteroatoms. The Hall–Kier alpha value is -3.06. The number of nitrogens with one attached hydrogen (secondary N) is 1. The topological polar surface area (TPSA) is 146 Å². The van der Waals surface area contributed by atoms with Crippen LogP contribution in [0.5, 0.6) is 0 Å². The maximum atomic E-state index is 13.3. The van der Waals surface area contributed by atoms with Crippen LogP contribution in [-0.4, -0.2) is 63.6 Å². The lowest BCUT2D eigenvalue weighted by molar-refractivity contribution is 0.0938. The highest BCUT2D eigenvalue weighted by molar-refractivity contribution is 8.24. The monoisotopic (exact) mass is 504 g/mol. The van der Waals surface area contributed by atoms with E-state index in [2.05, 4.69) is 25.3 Å². The van der Waals surface area contributed by atoms with E-state index in [0.717, 1.165) is 16.9 Å². The van der Waals surface area contributed by atoms with Crippen molar-refractivity contribution in [3.8, 4) is 0 Å². The van der Waals surface area contributed by atoms with Gasteiger partial charge in [0, 0.05) is 31.0 Å². The molecule has 1 unspecified atom stereocenters. The van der Waals surface area contributed by atoms with Crippen molar-refractivity contribution >= 4 is 50.9 Å². The van der Waals surface area contributed by atoms with Crippen LogP contribution in [0.15, 0.2) is 37.1 Å². The largest absolute Gasteiger partial charge is 0.381 e. The highest BCUT2D eigenvalue weighted by Crippen LogP contribution is 2.43. The van der Waals surface area contributed by atoms with Gasteiger partial charge < -0.3 is 16.0 Å². The molecule has 0 aromatic carbocycles. The minimum atomic E-state index is -2.58. The zero-order valence-corrected chi connectivity index (χ0v) is 20.0. The normalized spacial score (nSPS) is 17.7. The van der Waals surface area contributed by atoms with Crippen molar-refractivity contribution in [2.75, 3.05) is 35.2 Å². The molecule has 34 heavy (non-hydrogen) atoms. The predicted molar refractivity (Wildman–Crippen MR) is 133 cm³/mol. The summed E-state index contributed by atoms with van der Waals surface area (Å²) in [6, 6.07) is 3.14. The molecule has 0 aliphatic carbocycles. The quantitative estimate of drug-likeness (QED) is 0.324. The third kappa shape index (κ3) is 3.92. The minimum Gasteiger partial charge on any atom is -0.381 e. The fraction of sp³-hybridized carbons (Fsp3) is 0.333. The minimum absolute atomic E-state index is 0.0932. The summed E-state index contributed by atoms with van der Waals surface area (Å²) >= 11 is 6.59. The Morgan fingerprint density at radius 2 is 2.12 bits per heavy atom. The van der Waals surface area contributed by atoms with E-state index in [1.54, 1.807) is 31.0 Å². The molecule has 1 saturated heterocycles. The molecule has 0 saturated carbocycles. The zero-order chi connectivity index (χ0) is 24.0. The Morgan fingerprint density at radius 3 is 2.85 bits per heavy atom. The van der Waals surface area contributed by atoms with Crippen molar-refractivity contribution in [1.29, 1.82) is 0 Å². The first-order valence-corrected chi connectivity index (χ1v) is 13.1. The van der Waals surface area contributed by atoms with Gasteiger partial charge in [-0.05, 0) is 18.6 Å². The Labute approximate surface area is 201 Å². The van der Waals surface area contributed by atoms with Crippen molar-refractivity contribution < 1.29 is 13.9 Å². The van der Waals surface area contributed by atoms with E-state index in [9.17, 15) is 13.9 Å². The molecule has 4 aromatic rings. The van der Waals surface area contributed by atoms with Crippen molar-refractivity contribution in [3.05, 3.63) is 53.2 Å². The first-order chi connectivity index (χ1) is 16.3. The van der Waals surface area contributed by atoms with E-state index in [-0.39, 0.29) is 22.9 Å². The Morgan fingerprint density at radius 1 is 1.35 bits per heavy atom. The average Bonchev–Trinajstić information content (AvgIpc) is 3.42. The molecule has 5 heterocycles. The second-order valence-electron chi connectivity index (χ2n) is 8.20. The van der Waals surface area contributed by atoms with Gasteiger partial charge in [-0.15, -0.1) is 5.10 Å². The molecular weight excluding hydrogens is 480 g/mol. The number of nitrogens with two attached hydrogens (primary N) is 1. The summed E-state index contributed by atoms with van der Waals surface area (Å²) in [4.78, 5) is 23.9. The lowest BCUT2D eigenvalue weighted by Gasteiger charge is -2.42. The van der Waals surface area contributed by atoms with Gasteiger partial charge in [0.1, 0.15) is 17.7 Å². The van der Waals surface area contributed by atoms with Gasteiger partial charge >= 0.3 is 0 Å². The van der Waals surface area contributed by atoms with E-state index >= 15 is 0 Å². The maximum absolute atomic E-state index is 13.3. The van der Waals surface area contributed by atoms with Crippen LogP contribution in [0.2, 0.25) is 5.02 Å². The van der Waals surface area contributed by atoms with Gasteiger partial charge in [0.15, 0.2) is 11.5 Å². The van der Waals surface area contributed by atoms with Gasteiger partial charge in [-0.3, -0.25) is 18.3 Å². The van der Waals surface area contributed by atoms with Crippen LogP contribution in [0.1, 0.15) is 35.3 Å². The first kappa shape index (κ1) is 22.7. The number of amides is 1. The number of halogens is 1. The molecule has 5 rings (SSSR count). The Kier molecular flexibility index (Phi) is 5.76. The molecular formula is C21H25ClN8O3S. The summed E-state index contributed by atoms with van der Waals surface area (Å²) in [5.41, 5.74) is 8.16. The first-order valence-electron chi connectivity index (χ1n) is 10.8. The summed E-state index contributed by atoms with van der Waals surface area (Å²) in [5, 5.41) is 7.75. The number of carbonyl (C=O) groups is 1. The van der Waals surface area contributed by atoms with E-state index in [0.29, 0.717) is 30.2 Å². The van der Waals surface area contributed by atoms with Crippen molar-refractivity contribution in [2.24, 2.45) is 0 Å². The van der Waals surface area contributed by atoms with Gasteiger partial charge in [0.05, 0.1) is 34.3 Å².